The van der Waals surface area contributed by atoms with Crippen LogP contribution in [0.3, 0.4) is 0 Å². The smallest absolute Gasteiger partial charge is 0.282 e. The molecule has 2 aromatic rings. The van der Waals surface area contributed by atoms with E-state index in [-0.39, 0.29) is 29.7 Å². The summed E-state index contributed by atoms with van der Waals surface area (Å²) in [6.45, 7) is 0. The van der Waals surface area contributed by atoms with Gasteiger partial charge >= 0.3 is 12.4 Å². The summed E-state index contributed by atoms with van der Waals surface area (Å²) in [4.78, 5) is 25.2. The van der Waals surface area contributed by atoms with Gasteiger partial charge in [0.1, 0.15) is 12.0 Å². The number of nitrogens with zero attached hydrogens (tertiary/aromatic N) is 2. The molecule has 1 amide bonds. The molecule has 27 heavy (non-hydrogen) atoms. The Balaban J connectivity index is 2.23. The summed E-state index contributed by atoms with van der Waals surface area (Å²) in [5.41, 5.74) is -0.549. The number of anilines is 1. The van der Waals surface area contributed by atoms with Crippen LogP contribution in [0.1, 0.15) is 21.5 Å². The molecule has 0 atom stereocenters. The van der Waals surface area contributed by atoms with E-state index in [0.29, 0.717) is 0 Å². The number of carbonyl (C=O) groups excluding carboxylic acids is 1. The van der Waals surface area contributed by atoms with Gasteiger partial charge in [-0.2, -0.15) is 26.3 Å². The Morgan fingerprint density at radius 3 is 1.96 bits per heavy atom. The van der Waals surface area contributed by atoms with Crippen LogP contribution in [0.25, 0.3) is 0 Å². The van der Waals surface area contributed by atoms with Crippen molar-refractivity contribution in [3.05, 3.63) is 63.3 Å². The lowest BCUT2D eigenvalue weighted by atomic mass is 10.0. The zero-order chi connectivity index (χ0) is 20.4. The predicted molar refractivity (Wildman–Crippen MR) is 78.4 cm³/mol. The normalized spacial score (nSPS) is 11.8. The Morgan fingerprint density at radius 2 is 1.56 bits per heavy atom. The SMILES string of the molecule is O=C(NNc1ccc([N+](=O)[O-])cn1)c1cc(C(F)(F)F)cc(C(F)(F)F)c1. The third-order valence-electron chi connectivity index (χ3n) is 3.11. The Kier molecular flexibility index (Phi) is 5.23. The first kappa shape index (κ1) is 19.9. The number of nitrogens with one attached hydrogen (secondary N) is 2. The molecule has 0 fully saturated rings. The number of pyridine rings is 1. The van der Waals surface area contributed by atoms with Crippen molar-refractivity contribution < 1.29 is 36.1 Å². The second kappa shape index (κ2) is 7.09. The van der Waals surface area contributed by atoms with E-state index in [4.69, 9.17) is 0 Å². The molecule has 0 aliphatic heterocycles. The number of halogens is 6. The van der Waals surface area contributed by atoms with E-state index < -0.39 is 39.9 Å². The van der Waals surface area contributed by atoms with E-state index in [1.807, 2.05) is 5.43 Å². The van der Waals surface area contributed by atoms with Crippen LogP contribution in [-0.4, -0.2) is 15.8 Å². The first-order valence-electron chi connectivity index (χ1n) is 6.84. The van der Waals surface area contributed by atoms with E-state index in [2.05, 4.69) is 10.4 Å². The number of alkyl halides is 6. The van der Waals surface area contributed by atoms with Gasteiger partial charge in [0.2, 0.25) is 0 Å². The minimum absolute atomic E-state index is 0.109. The molecule has 0 aliphatic carbocycles. The number of nitro groups is 1. The van der Waals surface area contributed by atoms with Crippen molar-refractivity contribution in [2.75, 3.05) is 5.43 Å². The van der Waals surface area contributed by atoms with E-state index in [9.17, 15) is 41.3 Å². The lowest BCUT2D eigenvalue weighted by molar-refractivity contribution is -0.385. The Labute approximate surface area is 146 Å². The van der Waals surface area contributed by atoms with E-state index in [1.54, 1.807) is 0 Å². The molecule has 0 radical (unpaired) electrons. The number of rotatable bonds is 4. The van der Waals surface area contributed by atoms with Gasteiger partial charge in [0.15, 0.2) is 0 Å². The molecular weight excluding hydrogens is 386 g/mol. The molecule has 0 bridgehead atoms. The minimum Gasteiger partial charge on any atom is -0.282 e. The minimum atomic E-state index is -5.09. The second-order valence-electron chi connectivity index (χ2n) is 5.03. The third-order valence-corrected chi connectivity index (χ3v) is 3.11. The summed E-state index contributed by atoms with van der Waals surface area (Å²) in [6, 6.07) is 2.51. The van der Waals surface area contributed by atoms with E-state index >= 15 is 0 Å². The summed E-state index contributed by atoms with van der Waals surface area (Å²) in [6.07, 6.45) is -9.35. The zero-order valence-corrected chi connectivity index (χ0v) is 12.9. The van der Waals surface area contributed by atoms with Crippen LogP contribution in [0.5, 0.6) is 0 Å². The van der Waals surface area contributed by atoms with Gasteiger partial charge in [-0.05, 0) is 24.3 Å². The van der Waals surface area contributed by atoms with Gasteiger partial charge in [0.25, 0.3) is 11.6 Å². The van der Waals surface area contributed by atoms with Crippen LogP contribution in [0.4, 0.5) is 37.8 Å². The van der Waals surface area contributed by atoms with Gasteiger partial charge in [-0.15, -0.1) is 0 Å². The van der Waals surface area contributed by atoms with E-state index in [0.717, 1.165) is 18.3 Å². The number of aromatic nitrogens is 1. The summed E-state index contributed by atoms with van der Waals surface area (Å²) >= 11 is 0. The summed E-state index contributed by atoms with van der Waals surface area (Å²) in [5.74, 6) is -1.43. The van der Waals surface area contributed by atoms with Crippen LogP contribution in [0, 0.1) is 10.1 Å². The van der Waals surface area contributed by atoms with Crippen molar-refractivity contribution in [3.8, 4) is 0 Å². The number of hydrogen-bond acceptors (Lipinski definition) is 5. The van der Waals surface area contributed by atoms with Crippen molar-refractivity contribution in [1.82, 2.24) is 10.4 Å². The summed E-state index contributed by atoms with van der Waals surface area (Å²) < 4.78 is 76.6. The summed E-state index contributed by atoms with van der Waals surface area (Å²) in [5, 5.41) is 10.5. The highest BCUT2D eigenvalue weighted by Crippen LogP contribution is 2.36. The standard InChI is InChI=1S/C14H8F6N4O3/c15-13(16,17)8-3-7(4-9(5-8)14(18,19)20)12(25)23-22-11-2-1-10(6-21-11)24(26)27/h1-6H,(H,21,22)(H,23,25). The molecule has 13 heteroatoms. The molecule has 2 rings (SSSR count). The fourth-order valence-electron chi connectivity index (χ4n) is 1.85. The molecule has 1 aromatic heterocycles. The number of carbonyl (C=O) groups is 1. The number of benzene rings is 1. The average Bonchev–Trinajstić information content (AvgIpc) is 2.58. The summed E-state index contributed by atoms with van der Waals surface area (Å²) in [7, 11) is 0. The third kappa shape index (κ3) is 5.05. The molecule has 1 heterocycles. The molecule has 0 saturated carbocycles. The highest BCUT2D eigenvalue weighted by molar-refractivity contribution is 5.95. The highest BCUT2D eigenvalue weighted by Gasteiger charge is 2.37. The average molecular weight is 394 g/mol. The fraction of sp³-hybridized carbons (Fsp3) is 0.143. The highest BCUT2D eigenvalue weighted by atomic mass is 19.4. The van der Waals surface area contributed by atoms with Crippen LogP contribution < -0.4 is 10.9 Å². The maximum absolute atomic E-state index is 12.8. The molecule has 2 N–H and O–H groups in total. The van der Waals surface area contributed by atoms with Crippen molar-refractivity contribution in [2.24, 2.45) is 0 Å². The monoisotopic (exact) mass is 394 g/mol. The molecule has 7 nitrogen and oxygen atoms in total. The maximum atomic E-state index is 12.8. The molecule has 0 spiro atoms. The first-order chi connectivity index (χ1) is 12.4. The Hall–Kier alpha value is -3.38. The molecular formula is C14H8F6N4O3. The van der Waals surface area contributed by atoms with Crippen molar-refractivity contribution in [1.29, 1.82) is 0 Å². The zero-order valence-electron chi connectivity index (χ0n) is 12.9. The van der Waals surface area contributed by atoms with Crippen molar-refractivity contribution in [2.45, 2.75) is 12.4 Å². The maximum Gasteiger partial charge on any atom is 0.416 e. The van der Waals surface area contributed by atoms with Crippen LogP contribution in [-0.2, 0) is 12.4 Å². The van der Waals surface area contributed by atoms with Crippen molar-refractivity contribution in [3.63, 3.8) is 0 Å². The Bertz CT molecular complexity index is 832. The fourth-order valence-corrected chi connectivity index (χ4v) is 1.85. The van der Waals surface area contributed by atoms with Gasteiger partial charge in [-0.3, -0.25) is 25.8 Å². The van der Waals surface area contributed by atoms with Gasteiger partial charge in [0, 0.05) is 11.6 Å². The van der Waals surface area contributed by atoms with Gasteiger partial charge < -0.3 is 0 Å². The van der Waals surface area contributed by atoms with Crippen LogP contribution in [0.15, 0.2) is 36.5 Å². The van der Waals surface area contributed by atoms with Crippen molar-refractivity contribution >= 4 is 17.4 Å². The molecule has 144 valence electrons. The largest absolute Gasteiger partial charge is 0.416 e. The topological polar surface area (TPSA) is 97.2 Å². The quantitative estimate of drug-likeness (QED) is 0.467. The van der Waals surface area contributed by atoms with E-state index in [1.165, 1.54) is 0 Å². The first-order valence-corrected chi connectivity index (χ1v) is 6.84. The molecule has 0 unspecified atom stereocenters. The molecule has 0 saturated heterocycles. The molecule has 0 aliphatic rings. The van der Waals surface area contributed by atoms with Crippen LogP contribution >= 0.6 is 0 Å². The van der Waals surface area contributed by atoms with Gasteiger partial charge in [-0.1, -0.05) is 0 Å². The molecule has 1 aromatic carbocycles. The number of hydrazine groups is 1. The second-order valence-corrected chi connectivity index (χ2v) is 5.03. The van der Waals surface area contributed by atoms with Crippen LogP contribution in [0.2, 0.25) is 0 Å². The lowest BCUT2D eigenvalue weighted by Gasteiger charge is -2.14. The predicted octanol–water partition coefficient (Wildman–Crippen LogP) is 3.78. The lowest BCUT2D eigenvalue weighted by Crippen LogP contribution is -2.30. The number of hydrogen-bond donors (Lipinski definition) is 2. The van der Waals surface area contributed by atoms with Gasteiger partial charge in [0.05, 0.1) is 16.1 Å². The van der Waals surface area contributed by atoms with Gasteiger partial charge in [-0.25, -0.2) is 4.98 Å². The number of amides is 1. The Morgan fingerprint density at radius 1 is 1.00 bits per heavy atom.